The molecule has 2 amide bonds. The number of amides is 2. The summed E-state index contributed by atoms with van der Waals surface area (Å²) in [6.45, 7) is 1.62. The molecule has 0 saturated heterocycles. The van der Waals surface area contributed by atoms with E-state index in [9.17, 15) is 14.9 Å². The minimum atomic E-state index is -0.525. The zero-order chi connectivity index (χ0) is 24.5. The highest BCUT2D eigenvalue weighted by Gasteiger charge is 2.12. The molecule has 0 atom stereocenters. The number of nitriles is 1. The molecule has 0 aliphatic carbocycles. The molecule has 8 heteroatoms. The normalized spacial score (nSPS) is 10.7. The van der Waals surface area contributed by atoms with Gasteiger partial charge in [-0.1, -0.05) is 35.9 Å². The Morgan fingerprint density at radius 3 is 2.44 bits per heavy atom. The van der Waals surface area contributed by atoms with Gasteiger partial charge in [0.2, 0.25) is 0 Å². The van der Waals surface area contributed by atoms with Crippen molar-refractivity contribution in [2.24, 2.45) is 0 Å². The summed E-state index contributed by atoms with van der Waals surface area (Å²) in [6, 6.07) is 20.9. The molecule has 0 unspecified atom stereocenters. The quantitative estimate of drug-likeness (QED) is 0.343. The van der Waals surface area contributed by atoms with Crippen LogP contribution in [0.4, 0.5) is 11.4 Å². The van der Waals surface area contributed by atoms with E-state index >= 15 is 0 Å². The smallest absolute Gasteiger partial charge is 0.266 e. The molecule has 0 aromatic heterocycles. The predicted molar refractivity (Wildman–Crippen MR) is 132 cm³/mol. The van der Waals surface area contributed by atoms with Crippen LogP contribution in [0.1, 0.15) is 11.1 Å². The Labute approximate surface area is 202 Å². The van der Waals surface area contributed by atoms with E-state index in [0.717, 1.165) is 5.56 Å². The molecule has 0 heterocycles. The van der Waals surface area contributed by atoms with E-state index in [1.54, 1.807) is 61.7 Å². The first-order valence-electron chi connectivity index (χ1n) is 10.2. The van der Waals surface area contributed by atoms with E-state index in [2.05, 4.69) is 10.6 Å². The number of rotatable bonds is 8. The number of carbonyl (C=O) groups excluding carboxylic acids is 2. The first kappa shape index (κ1) is 24.4. The third-order valence-corrected chi connectivity index (χ3v) is 5.05. The fourth-order valence-electron chi connectivity index (χ4n) is 2.96. The van der Waals surface area contributed by atoms with Gasteiger partial charge in [0.15, 0.2) is 6.61 Å². The van der Waals surface area contributed by atoms with Crippen molar-refractivity contribution in [3.63, 3.8) is 0 Å². The zero-order valence-corrected chi connectivity index (χ0v) is 19.3. The van der Waals surface area contributed by atoms with Crippen molar-refractivity contribution in [3.8, 4) is 17.6 Å². The second-order valence-electron chi connectivity index (χ2n) is 7.19. The van der Waals surface area contributed by atoms with Crippen LogP contribution in [0.5, 0.6) is 11.5 Å². The molecule has 0 fully saturated rings. The topological polar surface area (TPSA) is 100 Å². The summed E-state index contributed by atoms with van der Waals surface area (Å²) in [4.78, 5) is 24.7. The Hall–Kier alpha value is -4.28. The number of ether oxygens (including phenoxy) is 2. The molecule has 0 aliphatic heterocycles. The minimum Gasteiger partial charge on any atom is -0.497 e. The van der Waals surface area contributed by atoms with Gasteiger partial charge in [-0.05, 0) is 66.6 Å². The van der Waals surface area contributed by atoms with E-state index in [4.69, 9.17) is 21.1 Å². The summed E-state index contributed by atoms with van der Waals surface area (Å²) in [5.74, 6) is 0.0993. The lowest BCUT2D eigenvalue weighted by molar-refractivity contribution is -0.118. The number of halogens is 1. The van der Waals surface area contributed by atoms with Gasteiger partial charge in [-0.2, -0.15) is 5.26 Å². The number of para-hydroxylation sites is 1. The number of nitrogens with one attached hydrogen (secondary N) is 2. The molecule has 7 nitrogen and oxygen atoms in total. The Morgan fingerprint density at radius 2 is 1.79 bits per heavy atom. The summed E-state index contributed by atoms with van der Waals surface area (Å²) < 4.78 is 10.6. The molecular formula is C26H22ClN3O4. The third-order valence-electron chi connectivity index (χ3n) is 4.76. The summed E-state index contributed by atoms with van der Waals surface area (Å²) in [5, 5.41) is 15.1. The van der Waals surface area contributed by atoms with Crippen LogP contribution in [0.2, 0.25) is 5.02 Å². The van der Waals surface area contributed by atoms with Crippen molar-refractivity contribution in [2.45, 2.75) is 6.92 Å². The van der Waals surface area contributed by atoms with Crippen LogP contribution in [-0.2, 0) is 9.59 Å². The second-order valence-corrected chi connectivity index (χ2v) is 7.60. The maximum Gasteiger partial charge on any atom is 0.266 e. The Morgan fingerprint density at radius 1 is 1.06 bits per heavy atom. The van der Waals surface area contributed by atoms with Crippen molar-refractivity contribution in [3.05, 3.63) is 88.5 Å². The number of anilines is 2. The van der Waals surface area contributed by atoms with Crippen molar-refractivity contribution in [1.29, 1.82) is 5.26 Å². The number of benzene rings is 3. The lowest BCUT2D eigenvalue weighted by Crippen LogP contribution is -2.20. The van der Waals surface area contributed by atoms with Gasteiger partial charge in [-0.3, -0.25) is 9.59 Å². The van der Waals surface area contributed by atoms with E-state index in [1.807, 2.05) is 25.1 Å². The molecule has 0 radical (unpaired) electrons. The number of hydrogen-bond donors (Lipinski definition) is 2. The summed E-state index contributed by atoms with van der Waals surface area (Å²) >= 11 is 6.28. The largest absolute Gasteiger partial charge is 0.497 e. The van der Waals surface area contributed by atoms with Gasteiger partial charge in [-0.15, -0.1) is 0 Å². The molecule has 0 spiro atoms. The van der Waals surface area contributed by atoms with Gasteiger partial charge in [0.1, 0.15) is 23.1 Å². The Bertz CT molecular complexity index is 1260. The summed E-state index contributed by atoms with van der Waals surface area (Å²) in [5.41, 5.74) is 2.58. The van der Waals surface area contributed by atoms with Crippen molar-refractivity contribution in [1.82, 2.24) is 0 Å². The van der Waals surface area contributed by atoms with Crippen LogP contribution in [0.3, 0.4) is 0 Å². The SMILES string of the molecule is COc1ccc(NC(=O)COc2ccc(C=C(C#N)C(=O)Nc3ccccc3C)cc2Cl)cc1. The highest BCUT2D eigenvalue weighted by molar-refractivity contribution is 6.32. The molecule has 3 rings (SSSR count). The number of hydrogen-bond acceptors (Lipinski definition) is 5. The van der Waals surface area contributed by atoms with E-state index in [0.29, 0.717) is 28.4 Å². The Balaban J connectivity index is 1.62. The number of methoxy groups -OCH3 is 1. The van der Waals surface area contributed by atoms with Gasteiger partial charge in [0, 0.05) is 11.4 Å². The third kappa shape index (κ3) is 6.61. The molecule has 34 heavy (non-hydrogen) atoms. The van der Waals surface area contributed by atoms with Gasteiger partial charge in [0.05, 0.1) is 12.1 Å². The Kier molecular flexibility index (Phi) is 8.27. The van der Waals surface area contributed by atoms with Crippen molar-refractivity contribution in [2.75, 3.05) is 24.4 Å². The van der Waals surface area contributed by atoms with Gasteiger partial charge < -0.3 is 20.1 Å². The van der Waals surface area contributed by atoms with Crippen molar-refractivity contribution < 1.29 is 19.1 Å². The second kappa shape index (κ2) is 11.5. The molecule has 2 N–H and O–H groups in total. The van der Waals surface area contributed by atoms with Crippen LogP contribution in [0.15, 0.2) is 72.3 Å². The maximum atomic E-state index is 12.5. The van der Waals surface area contributed by atoms with Crippen LogP contribution in [0, 0.1) is 18.3 Å². The molecule has 172 valence electrons. The lowest BCUT2D eigenvalue weighted by atomic mass is 10.1. The van der Waals surface area contributed by atoms with Crippen LogP contribution >= 0.6 is 11.6 Å². The first-order valence-corrected chi connectivity index (χ1v) is 10.6. The number of aryl methyl sites for hydroxylation is 1. The zero-order valence-electron chi connectivity index (χ0n) is 18.6. The average Bonchev–Trinajstić information content (AvgIpc) is 2.83. The van der Waals surface area contributed by atoms with Crippen LogP contribution in [0.25, 0.3) is 6.08 Å². The molecule has 3 aromatic carbocycles. The molecule has 0 bridgehead atoms. The molecular weight excluding hydrogens is 454 g/mol. The fraction of sp³-hybridized carbons (Fsp3) is 0.115. The van der Waals surface area contributed by atoms with E-state index < -0.39 is 5.91 Å². The van der Waals surface area contributed by atoms with Gasteiger partial charge in [-0.25, -0.2) is 0 Å². The van der Waals surface area contributed by atoms with E-state index in [-0.39, 0.29) is 23.1 Å². The highest BCUT2D eigenvalue weighted by atomic mass is 35.5. The highest BCUT2D eigenvalue weighted by Crippen LogP contribution is 2.27. The van der Waals surface area contributed by atoms with Crippen molar-refractivity contribution >= 4 is 40.9 Å². The van der Waals surface area contributed by atoms with E-state index in [1.165, 1.54) is 6.08 Å². The summed E-state index contributed by atoms with van der Waals surface area (Å²) in [6.07, 6.45) is 1.43. The monoisotopic (exact) mass is 475 g/mol. The van der Waals surface area contributed by atoms with Gasteiger partial charge in [0.25, 0.3) is 11.8 Å². The first-order chi connectivity index (χ1) is 16.4. The minimum absolute atomic E-state index is 0.0770. The molecule has 0 aliphatic rings. The predicted octanol–water partition coefficient (Wildman–Crippen LogP) is 5.22. The van der Waals surface area contributed by atoms with Crippen LogP contribution in [-0.4, -0.2) is 25.5 Å². The van der Waals surface area contributed by atoms with Crippen LogP contribution < -0.4 is 20.1 Å². The van der Waals surface area contributed by atoms with Gasteiger partial charge >= 0.3 is 0 Å². The number of nitrogens with zero attached hydrogens (tertiary/aromatic N) is 1. The number of carbonyl (C=O) groups is 2. The maximum absolute atomic E-state index is 12.5. The average molecular weight is 476 g/mol. The summed E-state index contributed by atoms with van der Waals surface area (Å²) in [7, 11) is 1.56. The molecule has 3 aromatic rings. The lowest BCUT2D eigenvalue weighted by Gasteiger charge is -2.10. The standard InChI is InChI=1S/C26H22ClN3O4/c1-17-5-3-4-6-23(17)30-26(32)19(15-28)13-18-7-12-24(22(27)14-18)34-16-25(31)29-20-8-10-21(33-2)11-9-20/h3-14H,16H2,1-2H3,(H,29,31)(H,30,32). The fourth-order valence-corrected chi connectivity index (χ4v) is 3.20. The molecule has 0 saturated carbocycles.